The highest BCUT2D eigenvalue weighted by atomic mass is 35.5. The van der Waals surface area contributed by atoms with E-state index in [0.29, 0.717) is 36.0 Å². The second-order valence-electron chi connectivity index (χ2n) is 5.44. The molecule has 4 nitrogen and oxygen atoms in total. The number of ether oxygens (including phenoxy) is 2. The third-order valence-electron chi connectivity index (χ3n) is 3.84. The Morgan fingerprint density at radius 1 is 1.17 bits per heavy atom. The van der Waals surface area contributed by atoms with Crippen molar-refractivity contribution in [2.24, 2.45) is 0 Å². The van der Waals surface area contributed by atoms with E-state index in [0.717, 1.165) is 5.75 Å². The summed E-state index contributed by atoms with van der Waals surface area (Å²) in [4.78, 5) is 14.4. The maximum Gasteiger partial charge on any atom is 0.255 e. The van der Waals surface area contributed by atoms with E-state index in [9.17, 15) is 4.79 Å². The van der Waals surface area contributed by atoms with Gasteiger partial charge in [-0.25, -0.2) is 0 Å². The number of amides is 1. The summed E-state index contributed by atoms with van der Waals surface area (Å²) in [6.45, 7) is 3.24. The van der Waals surface area contributed by atoms with E-state index in [1.807, 2.05) is 31.2 Å². The number of hydrogen-bond donors (Lipinski definition) is 0. The van der Waals surface area contributed by atoms with Gasteiger partial charge >= 0.3 is 0 Å². The second-order valence-corrected chi connectivity index (χ2v) is 6.23. The smallest absolute Gasteiger partial charge is 0.255 e. The van der Waals surface area contributed by atoms with Crippen LogP contribution in [0.2, 0.25) is 10.0 Å². The van der Waals surface area contributed by atoms with Crippen molar-refractivity contribution in [1.29, 1.82) is 0 Å². The summed E-state index contributed by atoms with van der Waals surface area (Å²) >= 11 is 12.2. The predicted molar refractivity (Wildman–Crippen MR) is 94.4 cm³/mol. The third kappa shape index (κ3) is 3.45. The molecule has 0 radical (unpaired) electrons. The van der Waals surface area contributed by atoms with Crippen LogP contribution >= 0.6 is 23.2 Å². The van der Waals surface area contributed by atoms with Crippen LogP contribution in [0.4, 0.5) is 0 Å². The SMILES string of the molecule is CCN(CC1COc2ccccc2O1)C(=O)c1cccc(Cl)c1Cl. The Morgan fingerprint density at radius 2 is 1.92 bits per heavy atom. The summed E-state index contributed by atoms with van der Waals surface area (Å²) in [5.74, 6) is 1.24. The predicted octanol–water partition coefficient (Wildman–Crippen LogP) is 4.30. The lowest BCUT2D eigenvalue weighted by molar-refractivity contribution is 0.0475. The maximum absolute atomic E-state index is 12.8. The first-order valence-corrected chi connectivity index (χ1v) is 8.47. The van der Waals surface area contributed by atoms with Gasteiger partial charge in [-0.3, -0.25) is 4.79 Å². The molecular weight excluding hydrogens is 349 g/mol. The summed E-state index contributed by atoms with van der Waals surface area (Å²) in [6, 6.07) is 12.5. The lowest BCUT2D eigenvalue weighted by Gasteiger charge is -2.31. The Hall–Kier alpha value is -1.91. The minimum atomic E-state index is -0.234. The number of likely N-dealkylation sites (N-methyl/N-ethyl adjacent to an activating group) is 1. The Bertz CT molecular complexity index is 751. The molecule has 1 atom stereocenters. The van der Waals surface area contributed by atoms with Gasteiger partial charge in [0.2, 0.25) is 0 Å². The maximum atomic E-state index is 12.8. The molecule has 1 aliphatic rings. The van der Waals surface area contributed by atoms with Crippen LogP contribution in [-0.4, -0.2) is 36.6 Å². The van der Waals surface area contributed by atoms with Crippen LogP contribution < -0.4 is 9.47 Å². The van der Waals surface area contributed by atoms with Crippen molar-refractivity contribution in [3.8, 4) is 11.5 Å². The molecule has 0 fully saturated rings. The first-order chi connectivity index (χ1) is 11.6. The zero-order valence-electron chi connectivity index (χ0n) is 13.2. The highest BCUT2D eigenvalue weighted by molar-refractivity contribution is 6.43. The van der Waals surface area contributed by atoms with Gasteiger partial charge in [0.15, 0.2) is 17.6 Å². The number of fused-ring (bicyclic) bond motifs is 1. The van der Waals surface area contributed by atoms with E-state index in [2.05, 4.69) is 0 Å². The molecule has 0 saturated carbocycles. The molecule has 0 spiro atoms. The molecule has 1 aliphatic heterocycles. The normalized spacial score (nSPS) is 15.9. The Kier molecular flexibility index (Phi) is 5.17. The molecular formula is C18H17Cl2NO3. The fraction of sp³-hybridized carbons (Fsp3) is 0.278. The minimum absolute atomic E-state index is 0.174. The molecule has 1 amide bonds. The van der Waals surface area contributed by atoms with E-state index < -0.39 is 0 Å². The van der Waals surface area contributed by atoms with Gasteiger partial charge in [-0.1, -0.05) is 41.4 Å². The molecule has 0 N–H and O–H groups in total. The van der Waals surface area contributed by atoms with Crippen molar-refractivity contribution in [2.75, 3.05) is 19.7 Å². The molecule has 2 aromatic carbocycles. The largest absolute Gasteiger partial charge is 0.486 e. The Morgan fingerprint density at radius 3 is 2.67 bits per heavy atom. The summed E-state index contributed by atoms with van der Waals surface area (Å²) in [5.41, 5.74) is 0.392. The molecule has 2 aromatic rings. The van der Waals surface area contributed by atoms with Crippen molar-refractivity contribution in [2.45, 2.75) is 13.0 Å². The van der Waals surface area contributed by atoms with Crippen LogP contribution in [0.1, 0.15) is 17.3 Å². The molecule has 126 valence electrons. The molecule has 0 aromatic heterocycles. The number of carbonyl (C=O) groups excluding carboxylic acids is 1. The molecule has 3 rings (SSSR count). The zero-order valence-corrected chi connectivity index (χ0v) is 14.7. The van der Waals surface area contributed by atoms with Crippen molar-refractivity contribution in [3.05, 3.63) is 58.1 Å². The van der Waals surface area contributed by atoms with Gasteiger partial charge in [0, 0.05) is 6.54 Å². The number of hydrogen-bond acceptors (Lipinski definition) is 3. The minimum Gasteiger partial charge on any atom is -0.486 e. The van der Waals surface area contributed by atoms with Gasteiger partial charge in [-0.2, -0.15) is 0 Å². The number of nitrogens with zero attached hydrogens (tertiary/aromatic N) is 1. The lowest BCUT2D eigenvalue weighted by Crippen LogP contribution is -2.43. The monoisotopic (exact) mass is 365 g/mol. The van der Waals surface area contributed by atoms with E-state index in [1.165, 1.54) is 0 Å². The zero-order chi connectivity index (χ0) is 17.1. The quantitative estimate of drug-likeness (QED) is 0.810. The molecule has 0 bridgehead atoms. The second kappa shape index (κ2) is 7.32. The van der Waals surface area contributed by atoms with Crippen LogP contribution in [-0.2, 0) is 0 Å². The van der Waals surface area contributed by atoms with Crippen LogP contribution in [0.15, 0.2) is 42.5 Å². The summed E-state index contributed by atoms with van der Waals surface area (Å²) in [7, 11) is 0. The fourth-order valence-electron chi connectivity index (χ4n) is 2.59. The summed E-state index contributed by atoms with van der Waals surface area (Å²) in [6.07, 6.45) is -0.234. The Balaban J connectivity index is 1.73. The topological polar surface area (TPSA) is 38.8 Å². The van der Waals surface area contributed by atoms with Crippen LogP contribution in [0.25, 0.3) is 0 Å². The number of halogens is 2. The first kappa shape index (κ1) is 16.9. The van der Waals surface area contributed by atoms with Gasteiger partial charge in [0.25, 0.3) is 5.91 Å². The number of para-hydroxylation sites is 2. The lowest BCUT2D eigenvalue weighted by atomic mass is 10.1. The number of benzene rings is 2. The van der Waals surface area contributed by atoms with Gasteiger partial charge in [-0.15, -0.1) is 0 Å². The van der Waals surface area contributed by atoms with Crippen LogP contribution in [0.3, 0.4) is 0 Å². The Labute approximate surface area is 150 Å². The summed E-state index contributed by atoms with van der Waals surface area (Å²) < 4.78 is 11.6. The summed E-state index contributed by atoms with van der Waals surface area (Å²) in [5, 5.41) is 0.638. The van der Waals surface area contributed by atoms with E-state index in [-0.39, 0.29) is 17.0 Å². The first-order valence-electron chi connectivity index (χ1n) is 7.72. The average Bonchev–Trinajstić information content (AvgIpc) is 2.61. The average molecular weight is 366 g/mol. The van der Waals surface area contributed by atoms with E-state index in [4.69, 9.17) is 32.7 Å². The van der Waals surface area contributed by atoms with Crippen LogP contribution in [0.5, 0.6) is 11.5 Å². The van der Waals surface area contributed by atoms with Crippen molar-refractivity contribution < 1.29 is 14.3 Å². The molecule has 0 aliphatic carbocycles. The standard InChI is InChI=1S/C18H17Cl2NO3/c1-2-21(18(22)13-6-5-7-14(19)17(13)20)10-12-11-23-15-8-3-4-9-16(15)24-12/h3-9,12H,2,10-11H2,1H3. The highest BCUT2D eigenvalue weighted by Crippen LogP contribution is 2.31. The fourth-order valence-corrected chi connectivity index (χ4v) is 2.98. The van der Waals surface area contributed by atoms with Crippen LogP contribution in [0, 0.1) is 0 Å². The molecule has 1 heterocycles. The van der Waals surface area contributed by atoms with Gasteiger partial charge < -0.3 is 14.4 Å². The van der Waals surface area contributed by atoms with Gasteiger partial charge in [-0.05, 0) is 31.2 Å². The highest BCUT2D eigenvalue weighted by Gasteiger charge is 2.26. The number of carbonyl (C=O) groups is 1. The van der Waals surface area contributed by atoms with E-state index in [1.54, 1.807) is 23.1 Å². The molecule has 6 heteroatoms. The number of rotatable bonds is 4. The molecule has 0 saturated heterocycles. The van der Waals surface area contributed by atoms with Gasteiger partial charge in [0.05, 0.1) is 22.2 Å². The van der Waals surface area contributed by atoms with E-state index >= 15 is 0 Å². The van der Waals surface area contributed by atoms with Crippen molar-refractivity contribution in [1.82, 2.24) is 4.90 Å². The molecule has 1 unspecified atom stereocenters. The third-order valence-corrected chi connectivity index (χ3v) is 4.66. The molecule has 24 heavy (non-hydrogen) atoms. The van der Waals surface area contributed by atoms with Crippen molar-refractivity contribution in [3.63, 3.8) is 0 Å². The van der Waals surface area contributed by atoms with Crippen molar-refractivity contribution >= 4 is 29.1 Å². The van der Waals surface area contributed by atoms with Gasteiger partial charge in [0.1, 0.15) is 6.61 Å².